The van der Waals surface area contributed by atoms with Crippen molar-refractivity contribution < 1.29 is 4.74 Å². The Kier molecular flexibility index (Phi) is 3.07. The summed E-state index contributed by atoms with van der Waals surface area (Å²) in [4.78, 5) is 4.07. The molecule has 0 aromatic carbocycles. The molecule has 5 nitrogen and oxygen atoms in total. The van der Waals surface area contributed by atoms with Crippen LogP contribution in [0.15, 0.2) is 18.3 Å². The van der Waals surface area contributed by atoms with E-state index in [2.05, 4.69) is 15.2 Å². The number of aromatic nitrogens is 3. The number of nitrogens with one attached hydrogen (secondary N) is 1. The van der Waals surface area contributed by atoms with Crippen LogP contribution in [0.3, 0.4) is 0 Å². The molecule has 0 unspecified atom stereocenters. The molecule has 0 atom stereocenters. The van der Waals surface area contributed by atoms with Crippen LogP contribution in [-0.4, -0.2) is 15.2 Å². The van der Waals surface area contributed by atoms with E-state index in [0.717, 1.165) is 11.3 Å². The van der Waals surface area contributed by atoms with Gasteiger partial charge in [0.15, 0.2) is 0 Å². The number of halogens is 1. The third-order valence-electron chi connectivity index (χ3n) is 1.98. The van der Waals surface area contributed by atoms with E-state index in [9.17, 15) is 0 Å². The normalized spacial score (nSPS) is 10.4. The summed E-state index contributed by atoms with van der Waals surface area (Å²) in [5.74, 6) is 0.762. The van der Waals surface area contributed by atoms with Crippen molar-refractivity contribution in [1.29, 1.82) is 0 Å². The van der Waals surface area contributed by atoms with Crippen LogP contribution >= 0.6 is 11.6 Å². The summed E-state index contributed by atoms with van der Waals surface area (Å²) >= 11 is 5.98. The van der Waals surface area contributed by atoms with Gasteiger partial charge in [-0.2, -0.15) is 0 Å². The van der Waals surface area contributed by atoms with Gasteiger partial charge >= 0.3 is 0 Å². The van der Waals surface area contributed by atoms with E-state index in [-0.39, 0.29) is 0 Å². The fraction of sp³-hybridized carbons (Fsp3) is 0.200. The summed E-state index contributed by atoms with van der Waals surface area (Å²) < 4.78 is 5.40. The third-order valence-corrected chi connectivity index (χ3v) is 2.25. The molecule has 0 saturated heterocycles. The van der Waals surface area contributed by atoms with Crippen LogP contribution in [0.25, 0.3) is 0 Å². The molecule has 0 spiro atoms. The number of nitrogens with two attached hydrogens (primary N) is 1. The van der Waals surface area contributed by atoms with Gasteiger partial charge in [0.05, 0.1) is 0 Å². The number of ether oxygens (including phenoxy) is 1. The van der Waals surface area contributed by atoms with Crippen molar-refractivity contribution in [2.75, 3.05) is 0 Å². The molecule has 84 valence electrons. The van der Waals surface area contributed by atoms with Crippen LogP contribution < -0.4 is 10.5 Å². The molecule has 3 N–H and O–H groups in total. The van der Waals surface area contributed by atoms with E-state index in [0.29, 0.717) is 23.3 Å². The lowest BCUT2D eigenvalue weighted by Gasteiger charge is -2.04. The monoisotopic (exact) mass is 238 g/mol. The van der Waals surface area contributed by atoms with E-state index in [1.165, 1.54) is 0 Å². The Morgan fingerprint density at radius 3 is 2.88 bits per heavy atom. The molecule has 0 fully saturated rings. The summed E-state index contributed by atoms with van der Waals surface area (Å²) in [6.07, 6.45) is 1.63. The molecule has 0 bridgehead atoms. The van der Waals surface area contributed by atoms with Crippen molar-refractivity contribution in [2.45, 2.75) is 13.5 Å². The average molecular weight is 239 g/mol. The lowest BCUT2D eigenvalue weighted by molar-refractivity contribution is 0.443. The van der Waals surface area contributed by atoms with E-state index >= 15 is 0 Å². The van der Waals surface area contributed by atoms with Crippen molar-refractivity contribution in [3.05, 3.63) is 34.6 Å². The van der Waals surface area contributed by atoms with Gasteiger partial charge in [-0.3, -0.25) is 5.10 Å². The SMILES string of the molecule is Cc1cc(Oc2ncc(CN)cc2Cl)n[nH]1. The Morgan fingerprint density at radius 1 is 1.50 bits per heavy atom. The molecule has 0 aliphatic heterocycles. The standard InChI is InChI=1S/C10H11ClN4O/c1-6-2-9(15-14-6)16-10-8(11)3-7(4-12)5-13-10/h2-3,5H,4,12H2,1H3,(H,14,15). The summed E-state index contributed by atoms with van der Waals surface area (Å²) in [6, 6.07) is 3.48. The number of rotatable bonds is 3. The average Bonchev–Trinajstić information content (AvgIpc) is 2.67. The van der Waals surface area contributed by atoms with E-state index in [1.54, 1.807) is 18.3 Å². The second-order valence-electron chi connectivity index (χ2n) is 3.33. The van der Waals surface area contributed by atoms with Gasteiger partial charge in [-0.05, 0) is 18.6 Å². The van der Waals surface area contributed by atoms with Gasteiger partial charge in [-0.25, -0.2) is 4.98 Å². The molecule has 2 aromatic heterocycles. The number of pyridine rings is 1. The molecule has 2 rings (SSSR count). The number of hydrogen-bond acceptors (Lipinski definition) is 4. The maximum atomic E-state index is 5.98. The Bertz CT molecular complexity index is 497. The first-order valence-corrected chi connectivity index (χ1v) is 5.11. The summed E-state index contributed by atoms with van der Waals surface area (Å²) in [7, 11) is 0. The number of aryl methyl sites for hydroxylation is 1. The molecule has 2 heterocycles. The maximum Gasteiger partial charge on any atom is 0.240 e. The number of H-pyrrole nitrogens is 1. The topological polar surface area (TPSA) is 76.8 Å². The first-order valence-electron chi connectivity index (χ1n) is 4.73. The van der Waals surface area contributed by atoms with Crippen molar-refractivity contribution >= 4 is 11.6 Å². The molecule has 16 heavy (non-hydrogen) atoms. The highest BCUT2D eigenvalue weighted by Crippen LogP contribution is 2.26. The van der Waals surface area contributed by atoms with Gasteiger partial charge in [0.25, 0.3) is 0 Å². The highest BCUT2D eigenvalue weighted by molar-refractivity contribution is 6.31. The minimum absolute atomic E-state index is 0.324. The van der Waals surface area contributed by atoms with Gasteiger partial charge in [0.2, 0.25) is 11.8 Å². The number of nitrogens with zero attached hydrogens (tertiary/aromatic N) is 2. The van der Waals surface area contributed by atoms with Gasteiger partial charge < -0.3 is 10.5 Å². The van der Waals surface area contributed by atoms with Gasteiger partial charge in [-0.1, -0.05) is 11.6 Å². The van der Waals surface area contributed by atoms with Crippen LogP contribution in [0.2, 0.25) is 5.02 Å². The fourth-order valence-electron chi connectivity index (χ4n) is 1.20. The molecule has 0 radical (unpaired) electrons. The highest BCUT2D eigenvalue weighted by Gasteiger charge is 2.07. The van der Waals surface area contributed by atoms with Crippen LogP contribution in [0.4, 0.5) is 0 Å². The predicted octanol–water partition coefficient (Wildman–Crippen LogP) is 2.02. The minimum Gasteiger partial charge on any atom is -0.417 e. The smallest absolute Gasteiger partial charge is 0.240 e. The van der Waals surface area contributed by atoms with E-state index in [1.807, 2.05) is 6.92 Å². The molecule has 6 heteroatoms. The van der Waals surface area contributed by atoms with E-state index in [4.69, 9.17) is 22.1 Å². The summed E-state index contributed by atoms with van der Waals surface area (Å²) in [5, 5.41) is 7.11. The van der Waals surface area contributed by atoms with Gasteiger partial charge in [0, 0.05) is 24.5 Å². The van der Waals surface area contributed by atoms with Gasteiger partial charge in [-0.15, -0.1) is 5.10 Å². The van der Waals surface area contributed by atoms with Crippen molar-refractivity contribution in [2.24, 2.45) is 5.73 Å². The lowest BCUT2D eigenvalue weighted by atomic mass is 10.3. The van der Waals surface area contributed by atoms with Gasteiger partial charge in [0.1, 0.15) is 5.02 Å². The number of aromatic amines is 1. The zero-order valence-corrected chi connectivity index (χ0v) is 9.45. The van der Waals surface area contributed by atoms with Crippen LogP contribution in [-0.2, 0) is 6.54 Å². The van der Waals surface area contributed by atoms with E-state index < -0.39 is 0 Å². The number of hydrogen-bond donors (Lipinski definition) is 2. The predicted molar refractivity (Wildman–Crippen MR) is 60.5 cm³/mol. The lowest BCUT2D eigenvalue weighted by Crippen LogP contribution is -1.98. The second kappa shape index (κ2) is 4.51. The molecular weight excluding hydrogens is 228 g/mol. The van der Waals surface area contributed by atoms with Crippen LogP contribution in [0.5, 0.6) is 11.8 Å². The molecular formula is C10H11ClN4O. The Balaban J connectivity index is 2.21. The molecule has 0 aliphatic rings. The minimum atomic E-state index is 0.324. The zero-order valence-electron chi connectivity index (χ0n) is 8.70. The molecule has 0 amide bonds. The Morgan fingerprint density at radius 2 is 2.31 bits per heavy atom. The van der Waals surface area contributed by atoms with Crippen molar-refractivity contribution in [3.8, 4) is 11.8 Å². The highest BCUT2D eigenvalue weighted by atomic mass is 35.5. The third kappa shape index (κ3) is 2.32. The Labute approximate surface area is 97.6 Å². The maximum absolute atomic E-state index is 5.98. The van der Waals surface area contributed by atoms with Crippen LogP contribution in [0, 0.1) is 6.92 Å². The van der Waals surface area contributed by atoms with Crippen molar-refractivity contribution in [1.82, 2.24) is 15.2 Å². The molecule has 0 saturated carbocycles. The first kappa shape index (κ1) is 10.9. The Hall–Kier alpha value is -1.59. The quantitative estimate of drug-likeness (QED) is 0.858. The molecule has 2 aromatic rings. The van der Waals surface area contributed by atoms with Crippen molar-refractivity contribution in [3.63, 3.8) is 0 Å². The zero-order chi connectivity index (χ0) is 11.5. The summed E-state index contributed by atoms with van der Waals surface area (Å²) in [6.45, 7) is 2.28. The second-order valence-corrected chi connectivity index (χ2v) is 3.73. The summed E-state index contributed by atoms with van der Waals surface area (Å²) in [5.41, 5.74) is 7.23. The first-order chi connectivity index (χ1) is 7.69. The van der Waals surface area contributed by atoms with Crippen LogP contribution in [0.1, 0.15) is 11.3 Å². The largest absolute Gasteiger partial charge is 0.417 e. The fourth-order valence-corrected chi connectivity index (χ4v) is 1.42. The molecule has 0 aliphatic carbocycles.